The highest BCUT2D eigenvalue weighted by Gasteiger charge is 1.99. The first kappa shape index (κ1) is 11.2. The van der Waals surface area contributed by atoms with E-state index in [2.05, 4.69) is 20.6 Å². The van der Waals surface area contributed by atoms with Gasteiger partial charge in [-0.3, -0.25) is 5.32 Å². The molecule has 2 amide bonds. The van der Waals surface area contributed by atoms with Crippen LogP contribution in [0.25, 0.3) is 0 Å². The lowest BCUT2D eigenvalue weighted by molar-refractivity contribution is 0.255. The van der Waals surface area contributed by atoms with Crippen molar-refractivity contribution in [2.45, 2.75) is 13.8 Å². The molecule has 0 radical (unpaired) electrons. The molecule has 80 valence electrons. The van der Waals surface area contributed by atoms with Gasteiger partial charge in [-0.25, -0.2) is 14.8 Å². The Hall–Kier alpha value is -1.91. The standard InChI is InChI=1S/C10H14N4O/c1-8(2)4-7-13-10(15)14-9-11-5-3-6-12-9/h3-8H,1-2H3,(H2,11,12,13,14,15)/b7-4+. The highest BCUT2D eigenvalue weighted by molar-refractivity contribution is 5.87. The van der Waals surface area contributed by atoms with E-state index in [0.29, 0.717) is 5.92 Å². The minimum absolute atomic E-state index is 0.285. The van der Waals surface area contributed by atoms with Crippen molar-refractivity contribution in [3.8, 4) is 0 Å². The number of anilines is 1. The second-order valence-corrected chi connectivity index (χ2v) is 3.27. The lowest BCUT2D eigenvalue weighted by Crippen LogP contribution is -2.24. The van der Waals surface area contributed by atoms with Gasteiger partial charge in [0.2, 0.25) is 5.95 Å². The van der Waals surface area contributed by atoms with Gasteiger partial charge in [-0.1, -0.05) is 19.9 Å². The zero-order valence-corrected chi connectivity index (χ0v) is 8.77. The van der Waals surface area contributed by atoms with Gasteiger partial charge in [-0.15, -0.1) is 0 Å². The molecule has 0 unspecified atom stereocenters. The van der Waals surface area contributed by atoms with Crippen molar-refractivity contribution in [1.82, 2.24) is 15.3 Å². The molecule has 0 saturated carbocycles. The van der Waals surface area contributed by atoms with Crippen LogP contribution in [0.4, 0.5) is 10.7 Å². The van der Waals surface area contributed by atoms with Crippen molar-refractivity contribution in [3.63, 3.8) is 0 Å². The molecule has 0 bridgehead atoms. The summed E-state index contributed by atoms with van der Waals surface area (Å²) in [5.41, 5.74) is 0. The number of urea groups is 1. The van der Waals surface area contributed by atoms with Gasteiger partial charge < -0.3 is 5.32 Å². The van der Waals surface area contributed by atoms with Gasteiger partial charge >= 0.3 is 6.03 Å². The Morgan fingerprint density at radius 2 is 2.07 bits per heavy atom. The number of amides is 2. The molecule has 0 spiro atoms. The number of nitrogens with zero attached hydrogens (tertiary/aromatic N) is 2. The van der Waals surface area contributed by atoms with Crippen LogP contribution in [-0.2, 0) is 0 Å². The average Bonchev–Trinajstić information content (AvgIpc) is 2.18. The minimum atomic E-state index is -0.349. The normalized spacial score (nSPS) is 10.6. The molecule has 0 aliphatic carbocycles. The van der Waals surface area contributed by atoms with Crippen LogP contribution in [0.3, 0.4) is 0 Å². The first-order valence-corrected chi connectivity index (χ1v) is 4.69. The number of nitrogens with one attached hydrogen (secondary N) is 2. The molecule has 0 aliphatic heterocycles. The maximum Gasteiger partial charge on any atom is 0.325 e. The first-order valence-electron chi connectivity index (χ1n) is 4.69. The summed E-state index contributed by atoms with van der Waals surface area (Å²) in [5.74, 6) is 0.686. The molecule has 0 aromatic carbocycles. The number of carbonyl (C=O) groups excluding carboxylic acids is 1. The zero-order chi connectivity index (χ0) is 11.1. The minimum Gasteiger partial charge on any atom is -0.315 e. The highest BCUT2D eigenvalue weighted by Crippen LogP contribution is 1.94. The van der Waals surface area contributed by atoms with Crippen molar-refractivity contribution < 1.29 is 4.79 Å². The fourth-order valence-corrected chi connectivity index (χ4v) is 0.818. The van der Waals surface area contributed by atoms with Crippen molar-refractivity contribution in [2.24, 2.45) is 5.92 Å². The highest BCUT2D eigenvalue weighted by atomic mass is 16.2. The molecule has 0 atom stereocenters. The Morgan fingerprint density at radius 1 is 1.40 bits per heavy atom. The van der Waals surface area contributed by atoms with Crippen LogP contribution in [-0.4, -0.2) is 16.0 Å². The third-order valence-electron chi connectivity index (χ3n) is 1.49. The number of allylic oxidation sites excluding steroid dienone is 1. The number of carbonyl (C=O) groups is 1. The monoisotopic (exact) mass is 206 g/mol. The van der Waals surface area contributed by atoms with Gasteiger partial charge in [0.15, 0.2) is 0 Å². The second-order valence-electron chi connectivity index (χ2n) is 3.27. The van der Waals surface area contributed by atoms with E-state index in [4.69, 9.17) is 0 Å². The summed E-state index contributed by atoms with van der Waals surface area (Å²) in [4.78, 5) is 18.9. The van der Waals surface area contributed by atoms with E-state index in [-0.39, 0.29) is 12.0 Å². The van der Waals surface area contributed by atoms with Crippen LogP contribution in [0.15, 0.2) is 30.7 Å². The lowest BCUT2D eigenvalue weighted by Gasteiger charge is -2.01. The van der Waals surface area contributed by atoms with Crippen LogP contribution in [0.5, 0.6) is 0 Å². The maximum atomic E-state index is 11.2. The Morgan fingerprint density at radius 3 is 2.67 bits per heavy atom. The molecule has 1 aromatic rings. The predicted octanol–water partition coefficient (Wildman–Crippen LogP) is 1.77. The Kier molecular flexibility index (Phi) is 4.28. The molecule has 5 heteroatoms. The molecular weight excluding hydrogens is 192 g/mol. The molecule has 5 nitrogen and oxygen atoms in total. The van der Waals surface area contributed by atoms with Crippen LogP contribution in [0, 0.1) is 5.92 Å². The third-order valence-corrected chi connectivity index (χ3v) is 1.49. The Bertz CT molecular complexity index is 335. The summed E-state index contributed by atoms with van der Waals surface area (Å²) in [6, 6.07) is 1.33. The van der Waals surface area contributed by atoms with E-state index >= 15 is 0 Å². The summed E-state index contributed by atoms with van der Waals surface area (Å²) >= 11 is 0. The SMILES string of the molecule is CC(C)/C=C/NC(=O)Nc1ncccn1. The van der Waals surface area contributed by atoms with Crippen molar-refractivity contribution in [1.29, 1.82) is 0 Å². The molecule has 1 rings (SSSR count). The van der Waals surface area contributed by atoms with Gasteiger partial charge in [0.25, 0.3) is 0 Å². The van der Waals surface area contributed by atoms with Crippen molar-refractivity contribution in [2.75, 3.05) is 5.32 Å². The largest absolute Gasteiger partial charge is 0.325 e. The summed E-state index contributed by atoms with van der Waals surface area (Å²) < 4.78 is 0. The third kappa shape index (κ3) is 4.75. The molecule has 2 N–H and O–H groups in total. The van der Waals surface area contributed by atoms with Crippen molar-refractivity contribution in [3.05, 3.63) is 30.7 Å². The second kappa shape index (κ2) is 5.74. The van der Waals surface area contributed by atoms with E-state index in [1.807, 2.05) is 19.9 Å². The molecule has 15 heavy (non-hydrogen) atoms. The molecule has 0 saturated heterocycles. The number of aromatic nitrogens is 2. The number of hydrogen-bond donors (Lipinski definition) is 2. The molecule has 0 fully saturated rings. The van der Waals surface area contributed by atoms with Crippen LogP contribution >= 0.6 is 0 Å². The Labute approximate surface area is 88.6 Å². The smallest absolute Gasteiger partial charge is 0.315 e. The zero-order valence-electron chi connectivity index (χ0n) is 8.77. The van der Waals surface area contributed by atoms with Gasteiger partial charge in [-0.2, -0.15) is 0 Å². The topological polar surface area (TPSA) is 66.9 Å². The van der Waals surface area contributed by atoms with Crippen LogP contribution in [0.2, 0.25) is 0 Å². The van der Waals surface area contributed by atoms with E-state index < -0.39 is 0 Å². The van der Waals surface area contributed by atoms with E-state index in [1.54, 1.807) is 24.7 Å². The summed E-state index contributed by atoms with van der Waals surface area (Å²) in [7, 11) is 0. The van der Waals surface area contributed by atoms with Gasteiger partial charge in [0.05, 0.1) is 0 Å². The fraction of sp³-hybridized carbons (Fsp3) is 0.300. The van der Waals surface area contributed by atoms with E-state index in [9.17, 15) is 4.79 Å². The first-order chi connectivity index (χ1) is 7.18. The quantitative estimate of drug-likeness (QED) is 0.792. The molecule has 1 aromatic heterocycles. The number of rotatable bonds is 3. The van der Waals surface area contributed by atoms with Gasteiger partial charge in [0.1, 0.15) is 0 Å². The van der Waals surface area contributed by atoms with E-state index in [1.165, 1.54) is 0 Å². The lowest BCUT2D eigenvalue weighted by atomic mass is 10.2. The summed E-state index contributed by atoms with van der Waals surface area (Å²) in [6.45, 7) is 4.05. The Balaban J connectivity index is 2.37. The molecule has 1 heterocycles. The predicted molar refractivity (Wildman–Crippen MR) is 58.2 cm³/mol. The molecule has 0 aliphatic rings. The fourth-order valence-electron chi connectivity index (χ4n) is 0.818. The average molecular weight is 206 g/mol. The summed E-state index contributed by atoms with van der Waals surface area (Å²) in [6.07, 6.45) is 6.60. The summed E-state index contributed by atoms with van der Waals surface area (Å²) in [5, 5.41) is 5.04. The van der Waals surface area contributed by atoms with Crippen molar-refractivity contribution >= 4 is 12.0 Å². The van der Waals surface area contributed by atoms with Gasteiger partial charge in [0, 0.05) is 18.6 Å². The van der Waals surface area contributed by atoms with Crippen LogP contribution < -0.4 is 10.6 Å². The maximum absolute atomic E-state index is 11.2. The number of hydrogen-bond acceptors (Lipinski definition) is 3. The van der Waals surface area contributed by atoms with E-state index in [0.717, 1.165) is 0 Å². The molecular formula is C10H14N4O. The van der Waals surface area contributed by atoms with Crippen LogP contribution in [0.1, 0.15) is 13.8 Å². The van der Waals surface area contributed by atoms with Gasteiger partial charge in [-0.05, 0) is 12.0 Å².